The second kappa shape index (κ2) is 13.4. The number of thioether (sulfide) groups is 1. The molecule has 0 bridgehead atoms. The summed E-state index contributed by atoms with van der Waals surface area (Å²) in [6, 6.07) is 14.8. The van der Waals surface area contributed by atoms with Crippen LogP contribution in [0.5, 0.6) is 23.0 Å². The van der Waals surface area contributed by atoms with E-state index < -0.39 is 29.5 Å². The van der Waals surface area contributed by atoms with Gasteiger partial charge in [0.05, 0.1) is 17.0 Å². The predicted octanol–water partition coefficient (Wildman–Crippen LogP) is 5.57. The highest BCUT2D eigenvalue weighted by molar-refractivity contribution is 9.10. The molecule has 1 fully saturated rings. The van der Waals surface area contributed by atoms with Crippen LogP contribution < -0.4 is 29.6 Å². The Balaban J connectivity index is 1.19. The average Bonchev–Trinajstić information content (AvgIpc) is 3.25. The Morgan fingerprint density at radius 2 is 1.70 bits per heavy atom. The summed E-state index contributed by atoms with van der Waals surface area (Å²) in [5, 5.41) is 5.24. The molecule has 4 amide bonds. The number of rotatable bonds is 9. The van der Waals surface area contributed by atoms with Gasteiger partial charge in [-0.2, -0.15) is 0 Å². The summed E-state index contributed by atoms with van der Waals surface area (Å²) < 4.78 is 22.7. The van der Waals surface area contributed by atoms with E-state index in [0.717, 1.165) is 16.7 Å². The number of ether oxygens (including phenoxy) is 4. The Morgan fingerprint density at radius 1 is 0.977 bits per heavy atom. The largest absolute Gasteiger partial charge is 0.493 e. The van der Waals surface area contributed by atoms with E-state index in [0.29, 0.717) is 62.6 Å². The van der Waals surface area contributed by atoms with E-state index >= 15 is 0 Å². The highest BCUT2D eigenvalue weighted by atomic mass is 79.9. The molecule has 0 aliphatic carbocycles. The summed E-state index contributed by atoms with van der Waals surface area (Å²) >= 11 is 10.1. The first kappa shape index (κ1) is 30.3. The van der Waals surface area contributed by atoms with Crippen molar-refractivity contribution in [2.75, 3.05) is 44.1 Å². The highest BCUT2D eigenvalue weighted by Gasteiger charge is 2.36. The number of amides is 4. The molecule has 1 saturated heterocycles. The zero-order valence-electron chi connectivity index (χ0n) is 22.5. The van der Waals surface area contributed by atoms with Crippen LogP contribution in [0.3, 0.4) is 0 Å². The number of benzene rings is 3. The Kier molecular flexibility index (Phi) is 9.43. The molecule has 3 aromatic rings. The zero-order chi connectivity index (χ0) is 30.5. The van der Waals surface area contributed by atoms with Crippen molar-refractivity contribution in [1.82, 2.24) is 4.90 Å². The average molecular weight is 689 g/mol. The maximum atomic E-state index is 13.0. The number of halogens is 2. The molecule has 0 unspecified atom stereocenters. The number of carbonyl (C=O) groups is 4. The van der Waals surface area contributed by atoms with Gasteiger partial charge in [0.25, 0.3) is 17.1 Å². The molecule has 2 aliphatic rings. The van der Waals surface area contributed by atoms with Crippen LogP contribution in [0.25, 0.3) is 6.08 Å². The van der Waals surface area contributed by atoms with Crippen molar-refractivity contribution in [2.45, 2.75) is 0 Å². The Hall–Kier alpha value is -4.20. The maximum Gasteiger partial charge on any atom is 0.294 e. The third-order valence-corrected chi connectivity index (χ3v) is 8.19. The molecule has 2 aliphatic heterocycles. The lowest BCUT2D eigenvalue weighted by molar-refractivity contribution is -0.127. The Morgan fingerprint density at radius 3 is 2.47 bits per heavy atom. The van der Waals surface area contributed by atoms with Gasteiger partial charge in [-0.3, -0.25) is 24.1 Å². The van der Waals surface area contributed by atoms with Crippen molar-refractivity contribution in [1.29, 1.82) is 0 Å². The van der Waals surface area contributed by atoms with Crippen molar-refractivity contribution in [3.05, 3.63) is 74.6 Å². The summed E-state index contributed by atoms with van der Waals surface area (Å²) in [4.78, 5) is 51.5. The van der Waals surface area contributed by atoms with Gasteiger partial charge >= 0.3 is 0 Å². The molecule has 0 aromatic heterocycles. The van der Waals surface area contributed by atoms with E-state index in [1.165, 1.54) is 13.2 Å². The monoisotopic (exact) mass is 687 g/mol. The quantitative estimate of drug-likeness (QED) is 0.277. The van der Waals surface area contributed by atoms with E-state index in [1.54, 1.807) is 54.6 Å². The molecule has 3 aromatic carbocycles. The summed E-state index contributed by atoms with van der Waals surface area (Å²) in [7, 11) is 1.43. The van der Waals surface area contributed by atoms with Gasteiger partial charge in [-0.1, -0.05) is 17.7 Å². The van der Waals surface area contributed by atoms with Crippen molar-refractivity contribution >= 4 is 79.7 Å². The molecule has 222 valence electrons. The standard InChI is InChI=1S/C29H23BrClN3O8S/c1-39-23-10-16(2-6-21(23)42-15-27(36)33-17-3-5-19(30)20(31)12-17)11-25-28(37)34(29(38)43-25)14-26(35)32-18-4-7-22-24(13-18)41-9-8-40-22/h2-7,10-13H,8-9,14-15H2,1H3,(H,32,35)(H,33,36)/b25-11+. The van der Waals surface area contributed by atoms with Gasteiger partial charge in [-0.15, -0.1) is 0 Å². The van der Waals surface area contributed by atoms with Gasteiger partial charge < -0.3 is 29.6 Å². The normalized spacial score (nSPS) is 15.0. The summed E-state index contributed by atoms with van der Waals surface area (Å²) in [5.41, 5.74) is 1.50. The van der Waals surface area contributed by atoms with E-state index in [9.17, 15) is 19.2 Å². The fraction of sp³-hybridized carbons (Fsp3) is 0.172. The van der Waals surface area contributed by atoms with Gasteiger partial charge in [0.15, 0.2) is 29.6 Å². The minimum absolute atomic E-state index is 0.139. The molecule has 2 N–H and O–H groups in total. The lowest BCUT2D eigenvalue weighted by atomic mass is 10.2. The minimum atomic E-state index is -0.601. The highest BCUT2D eigenvalue weighted by Crippen LogP contribution is 2.35. The molecule has 14 heteroatoms. The number of fused-ring (bicyclic) bond motifs is 1. The molecule has 0 saturated carbocycles. The molecule has 5 rings (SSSR count). The van der Waals surface area contributed by atoms with Crippen LogP contribution in [0.4, 0.5) is 16.2 Å². The van der Waals surface area contributed by atoms with Crippen LogP contribution in [0, 0.1) is 0 Å². The molecule has 2 heterocycles. The number of hydrogen-bond donors (Lipinski definition) is 2. The van der Waals surface area contributed by atoms with Crippen LogP contribution in [-0.4, -0.2) is 61.3 Å². The molecule has 11 nitrogen and oxygen atoms in total. The molecule has 0 radical (unpaired) electrons. The molecule has 0 spiro atoms. The summed E-state index contributed by atoms with van der Waals surface area (Å²) in [6.07, 6.45) is 1.51. The fourth-order valence-corrected chi connectivity index (χ4v) is 5.33. The number of hydrogen-bond acceptors (Lipinski definition) is 9. The van der Waals surface area contributed by atoms with Crippen molar-refractivity contribution in [3.8, 4) is 23.0 Å². The van der Waals surface area contributed by atoms with Gasteiger partial charge in [-0.25, -0.2) is 0 Å². The topological polar surface area (TPSA) is 133 Å². The van der Waals surface area contributed by atoms with E-state index in [4.69, 9.17) is 30.5 Å². The lowest BCUT2D eigenvalue weighted by Crippen LogP contribution is -2.36. The number of anilines is 2. The number of nitrogens with zero attached hydrogens (tertiary/aromatic N) is 1. The first-order valence-corrected chi connectivity index (χ1v) is 14.7. The summed E-state index contributed by atoms with van der Waals surface area (Å²) in [5.74, 6) is 0.130. The Bertz CT molecular complexity index is 1650. The molecule has 0 atom stereocenters. The van der Waals surface area contributed by atoms with Crippen LogP contribution in [0.15, 0.2) is 64.0 Å². The van der Waals surface area contributed by atoms with Crippen molar-refractivity contribution < 1.29 is 38.1 Å². The smallest absolute Gasteiger partial charge is 0.294 e. The van der Waals surface area contributed by atoms with Gasteiger partial charge in [-0.05, 0) is 81.8 Å². The van der Waals surface area contributed by atoms with Gasteiger partial charge in [0, 0.05) is 21.9 Å². The third-order valence-electron chi connectivity index (χ3n) is 6.05. The first-order valence-electron chi connectivity index (χ1n) is 12.7. The van der Waals surface area contributed by atoms with Crippen LogP contribution in [-0.2, 0) is 14.4 Å². The van der Waals surface area contributed by atoms with Crippen LogP contribution >= 0.6 is 39.3 Å². The maximum absolute atomic E-state index is 13.0. The Labute approximate surface area is 263 Å². The van der Waals surface area contributed by atoms with E-state index in [2.05, 4.69) is 26.6 Å². The third kappa shape index (κ3) is 7.42. The summed E-state index contributed by atoms with van der Waals surface area (Å²) in [6.45, 7) is 0.0897. The zero-order valence-corrected chi connectivity index (χ0v) is 25.6. The first-order chi connectivity index (χ1) is 20.7. The number of methoxy groups -OCH3 is 1. The van der Waals surface area contributed by atoms with Crippen molar-refractivity contribution in [3.63, 3.8) is 0 Å². The van der Waals surface area contributed by atoms with Crippen molar-refractivity contribution in [2.24, 2.45) is 0 Å². The molecular formula is C29H23BrClN3O8S. The van der Waals surface area contributed by atoms with Gasteiger partial charge in [0.2, 0.25) is 5.91 Å². The second-order valence-electron chi connectivity index (χ2n) is 9.05. The number of imide groups is 1. The SMILES string of the molecule is COc1cc(/C=C2/SC(=O)N(CC(=O)Nc3ccc4c(c3)OCCO4)C2=O)ccc1OCC(=O)Nc1ccc(Br)c(Cl)c1. The van der Waals surface area contributed by atoms with Crippen LogP contribution in [0.2, 0.25) is 5.02 Å². The predicted molar refractivity (Wildman–Crippen MR) is 165 cm³/mol. The van der Waals surface area contributed by atoms with Crippen LogP contribution in [0.1, 0.15) is 5.56 Å². The molecule has 43 heavy (non-hydrogen) atoms. The number of nitrogens with one attached hydrogen (secondary N) is 2. The minimum Gasteiger partial charge on any atom is -0.493 e. The number of carbonyl (C=O) groups excluding carboxylic acids is 4. The fourth-order valence-electron chi connectivity index (χ4n) is 4.06. The van der Waals surface area contributed by atoms with Gasteiger partial charge in [0.1, 0.15) is 19.8 Å². The lowest BCUT2D eigenvalue weighted by Gasteiger charge is -2.19. The van der Waals surface area contributed by atoms with E-state index in [-0.39, 0.29) is 11.5 Å². The van der Waals surface area contributed by atoms with E-state index in [1.807, 2.05) is 0 Å². The second-order valence-corrected chi connectivity index (χ2v) is 11.3. The molecular weight excluding hydrogens is 666 g/mol.